The molecular weight excluding hydrogens is 392 g/mol. The fourth-order valence-corrected chi connectivity index (χ4v) is 3.69. The van der Waals surface area contributed by atoms with Gasteiger partial charge in [0.15, 0.2) is 0 Å². The number of fused-ring (bicyclic) bond motifs is 1. The number of allylic oxidation sites excluding steroid dienone is 1. The third-order valence-corrected chi connectivity index (χ3v) is 5.12. The number of aromatic nitrogens is 2. The Kier molecular flexibility index (Phi) is 7.47. The van der Waals surface area contributed by atoms with E-state index in [2.05, 4.69) is 18.5 Å². The van der Waals surface area contributed by atoms with Crippen LogP contribution in [-0.4, -0.2) is 39.9 Å². The molecule has 2 aromatic heterocycles. The molecule has 0 saturated carbocycles. The number of ether oxygens (including phenoxy) is 2. The number of benzene rings is 1. The topological polar surface area (TPSA) is 73.6 Å². The predicted molar refractivity (Wildman–Crippen MR) is 122 cm³/mol. The molecule has 0 spiro atoms. The SMILES string of the molecule is C=CCC(C)c1cc(OCCOC(C)C)cc2c(C(=O)O)cn(Cc3ccccn3)c12. The number of nitrogens with zero attached hydrogens (tertiary/aromatic N) is 2. The molecule has 3 rings (SSSR count). The van der Waals surface area contributed by atoms with E-state index < -0.39 is 5.97 Å². The predicted octanol–water partition coefficient (Wildman–Crippen LogP) is 5.27. The van der Waals surface area contributed by atoms with E-state index in [0.29, 0.717) is 30.9 Å². The number of rotatable bonds is 11. The van der Waals surface area contributed by atoms with Crippen molar-refractivity contribution in [2.24, 2.45) is 0 Å². The molecule has 31 heavy (non-hydrogen) atoms. The summed E-state index contributed by atoms with van der Waals surface area (Å²) in [5, 5.41) is 10.5. The fraction of sp³-hybridized carbons (Fsp3) is 0.360. The van der Waals surface area contributed by atoms with Crippen molar-refractivity contribution >= 4 is 16.9 Å². The lowest BCUT2D eigenvalue weighted by Crippen LogP contribution is -2.11. The molecule has 0 radical (unpaired) electrons. The monoisotopic (exact) mass is 422 g/mol. The van der Waals surface area contributed by atoms with E-state index in [1.54, 1.807) is 12.4 Å². The van der Waals surface area contributed by atoms with Gasteiger partial charge in [0.25, 0.3) is 0 Å². The van der Waals surface area contributed by atoms with Crippen molar-refractivity contribution in [3.8, 4) is 5.75 Å². The maximum atomic E-state index is 12.0. The van der Waals surface area contributed by atoms with Gasteiger partial charge < -0.3 is 19.1 Å². The first-order valence-corrected chi connectivity index (χ1v) is 10.6. The summed E-state index contributed by atoms with van der Waals surface area (Å²) in [5.41, 5.74) is 3.04. The number of carboxylic acid groups (broad SMARTS) is 1. The molecule has 1 N–H and O–H groups in total. The molecule has 6 nitrogen and oxygen atoms in total. The Morgan fingerprint density at radius 3 is 2.71 bits per heavy atom. The number of pyridine rings is 1. The average Bonchev–Trinajstić information content (AvgIpc) is 3.10. The summed E-state index contributed by atoms with van der Waals surface area (Å²) in [6.45, 7) is 11.3. The van der Waals surface area contributed by atoms with Gasteiger partial charge in [-0.15, -0.1) is 6.58 Å². The normalized spacial score (nSPS) is 12.3. The summed E-state index contributed by atoms with van der Waals surface area (Å²) >= 11 is 0. The first kappa shape index (κ1) is 22.6. The maximum Gasteiger partial charge on any atom is 0.337 e. The van der Waals surface area contributed by atoms with Crippen LogP contribution in [0.15, 0.2) is 55.4 Å². The summed E-state index contributed by atoms with van der Waals surface area (Å²) in [6, 6.07) is 9.55. The lowest BCUT2D eigenvalue weighted by molar-refractivity contribution is 0.0552. The Labute approximate surface area is 183 Å². The van der Waals surface area contributed by atoms with Gasteiger partial charge in [0.1, 0.15) is 12.4 Å². The highest BCUT2D eigenvalue weighted by atomic mass is 16.5. The van der Waals surface area contributed by atoms with E-state index in [-0.39, 0.29) is 17.6 Å². The van der Waals surface area contributed by atoms with Gasteiger partial charge in [0.2, 0.25) is 0 Å². The van der Waals surface area contributed by atoms with E-state index in [9.17, 15) is 9.90 Å². The van der Waals surface area contributed by atoms with Crippen LogP contribution in [0.25, 0.3) is 10.9 Å². The van der Waals surface area contributed by atoms with E-state index in [1.165, 1.54) is 0 Å². The molecule has 1 aromatic carbocycles. The van der Waals surface area contributed by atoms with Gasteiger partial charge >= 0.3 is 5.97 Å². The van der Waals surface area contributed by atoms with Crippen molar-refractivity contribution in [2.75, 3.05) is 13.2 Å². The minimum Gasteiger partial charge on any atom is -0.491 e. The minimum absolute atomic E-state index is 0.133. The van der Waals surface area contributed by atoms with E-state index in [4.69, 9.17) is 9.47 Å². The second-order valence-electron chi connectivity index (χ2n) is 7.90. The summed E-state index contributed by atoms with van der Waals surface area (Å²) < 4.78 is 13.5. The van der Waals surface area contributed by atoms with Crippen LogP contribution >= 0.6 is 0 Å². The number of carboxylic acids is 1. The van der Waals surface area contributed by atoms with Gasteiger partial charge in [-0.05, 0) is 56.0 Å². The summed E-state index contributed by atoms with van der Waals surface area (Å²) in [5.74, 6) is -0.175. The number of hydrogen-bond acceptors (Lipinski definition) is 4. The Balaban J connectivity index is 2.08. The number of aromatic carboxylic acids is 1. The second-order valence-corrected chi connectivity index (χ2v) is 7.90. The van der Waals surface area contributed by atoms with Gasteiger partial charge in [0.05, 0.1) is 36.0 Å². The quantitative estimate of drug-likeness (QED) is 0.337. The third-order valence-electron chi connectivity index (χ3n) is 5.12. The van der Waals surface area contributed by atoms with Crippen LogP contribution in [0.3, 0.4) is 0 Å². The summed E-state index contributed by atoms with van der Waals surface area (Å²) in [6.07, 6.45) is 6.22. The maximum absolute atomic E-state index is 12.0. The van der Waals surface area contributed by atoms with Crippen molar-refractivity contribution in [3.05, 3.63) is 72.2 Å². The van der Waals surface area contributed by atoms with E-state index in [0.717, 1.165) is 23.2 Å². The zero-order valence-electron chi connectivity index (χ0n) is 18.4. The standard InChI is InChI=1S/C25H30N2O4/c1-5-8-18(4)21-13-20(31-12-11-30-17(2)3)14-22-23(25(28)29)16-27(24(21)22)15-19-9-6-7-10-26-19/h5-7,9-10,13-14,16-18H,1,8,11-12,15H2,2-4H3,(H,28,29). The zero-order valence-corrected chi connectivity index (χ0v) is 18.4. The molecule has 0 aliphatic carbocycles. The molecule has 1 unspecified atom stereocenters. The molecular formula is C25H30N2O4. The van der Waals surface area contributed by atoms with Gasteiger partial charge in [-0.2, -0.15) is 0 Å². The van der Waals surface area contributed by atoms with E-state index in [1.807, 2.05) is 54.8 Å². The third kappa shape index (κ3) is 5.52. The molecule has 1 atom stereocenters. The molecule has 0 aliphatic rings. The van der Waals surface area contributed by atoms with Crippen LogP contribution in [0.1, 0.15) is 54.7 Å². The van der Waals surface area contributed by atoms with Crippen LogP contribution in [0.5, 0.6) is 5.75 Å². The molecule has 0 bridgehead atoms. The number of hydrogen-bond donors (Lipinski definition) is 1. The molecule has 164 valence electrons. The highest BCUT2D eigenvalue weighted by Gasteiger charge is 2.21. The molecule has 6 heteroatoms. The van der Waals surface area contributed by atoms with Crippen molar-refractivity contribution in [3.63, 3.8) is 0 Å². The molecule has 0 aliphatic heterocycles. The van der Waals surface area contributed by atoms with Crippen LogP contribution in [0.2, 0.25) is 0 Å². The molecule has 0 saturated heterocycles. The van der Waals surface area contributed by atoms with Crippen molar-refractivity contribution in [1.82, 2.24) is 9.55 Å². The van der Waals surface area contributed by atoms with Crippen molar-refractivity contribution < 1.29 is 19.4 Å². The van der Waals surface area contributed by atoms with Crippen LogP contribution in [0.4, 0.5) is 0 Å². The molecule has 0 fully saturated rings. The van der Waals surface area contributed by atoms with Crippen LogP contribution < -0.4 is 4.74 Å². The van der Waals surface area contributed by atoms with Gasteiger partial charge in [0, 0.05) is 17.8 Å². The van der Waals surface area contributed by atoms with Crippen LogP contribution in [-0.2, 0) is 11.3 Å². The molecule has 0 amide bonds. The molecule has 2 heterocycles. The highest BCUT2D eigenvalue weighted by Crippen LogP contribution is 2.35. The summed E-state index contributed by atoms with van der Waals surface area (Å²) in [7, 11) is 0. The van der Waals surface area contributed by atoms with Gasteiger partial charge in [-0.1, -0.05) is 19.1 Å². The largest absolute Gasteiger partial charge is 0.491 e. The first-order valence-electron chi connectivity index (χ1n) is 10.6. The first-order chi connectivity index (χ1) is 14.9. The Bertz CT molecular complexity index is 1040. The van der Waals surface area contributed by atoms with Crippen molar-refractivity contribution in [2.45, 2.75) is 45.8 Å². The lowest BCUT2D eigenvalue weighted by Gasteiger charge is -2.17. The zero-order chi connectivity index (χ0) is 22.4. The van der Waals surface area contributed by atoms with Gasteiger partial charge in [-0.25, -0.2) is 4.79 Å². The smallest absolute Gasteiger partial charge is 0.337 e. The minimum atomic E-state index is -0.965. The average molecular weight is 423 g/mol. The Hall–Kier alpha value is -3.12. The Morgan fingerprint density at radius 2 is 2.06 bits per heavy atom. The van der Waals surface area contributed by atoms with Crippen LogP contribution in [0, 0.1) is 0 Å². The Morgan fingerprint density at radius 1 is 1.26 bits per heavy atom. The van der Waals surface area contributed by atoms with Crippen molar-refractivity contribution in [1.29, 1.82) is 0 Å². The lowest BCUT2D eigenvalue weighted by atomic mass is 9.94. The summed E-state index contributed by atoms with van der Waals surface area (Å²) in [4.78, 5) is 16.4. The molecule has 3 aromatic rings. The number of carbonyl (C=O) groups is 1. The second kappa shape index (κ2) is 10.3. The highest BCUT2D eigenvalue weighted by molar-refractivity contribution is 6.05. The van der Waals surface area contributed by atoms with E-state index >= 15 is 0 Å². The van der Waals surface area contributed by atoms with Gasteiger partial charge in [-0.3, -0.25) is 4.98 Å². The fourth-order valence-electron chi connectivity index (χ4n) is 3.69.